The molecule has 1 N–H and O–H groups in total. The molecule has 0 aliphatic carbocycles. The number of hydrogen-bond donors (Lipinski definition) is 1. The second-order valence-corrected chi connectivity index (χ2v) is 5.61. The lowest BCUT2D eigenvalue weighted by atomic mass is 10.2. The highest BCUT2D eigenvalue weighted by Crippen LogP contribution is 2.22. The number of ether oxygens (including phenoxy) is 2. The zero-order valence-corrected chi connectivity index (χ0v) is 14.7. The number of amides is 1. The summed E-state index contributed by atoms with van der Waals surface area (Å²) in [5, 5.41) is 2.82. The quantitative estimate of drug-likeness (QED) is 0.652. The first-order valence-corrected chi connectivity index (χ1v) is 8.23. The molecule has 0 spiro atoms. The van der Waals surface area contributed by atoms with Gasteiger partial charge in [-0.3, -0.25) is 4.79 Å². The number of oxazole rings is 1. The van der Waals surface area contributed by atoms with Gasteiger partial charge < -0.3 is 19.2 Å². The van der Waals surface area contributed by atoms with Gasteiger partial charge in [0.2, 0.25) is 5.89 Å². The van der Waals surface area contributed by atoms with Gasteiger partial charge in [0.15, 0.2) is 5.69 Å². The lowest BCUT2D eigenvalue weighted by molar-refractivity contribution is 0.102. The average molecular weight is 352 g/mol. The Morgan fingerprint density at radius 3 is 2.50 bits per heavy atom. The minimum absolute atomic E-state index is 0.268. The number of nitrogens with one attached hydrogen (secondary N) is 1. The second-order valence-electron chi connectivity index (χ2n) is 5.61. The second kappa shape index (κ2) is 8.31. The molecule has 0 fully saturated rings. The van der Waals surface area contributed by atoms with E-state index >= 15 is 0 Å². The summed E-state index contributed by atoms with van der Waals surface area (Å²) in [4.78, 5) is 16.8. The van der Waals surface area contributed by atoms with Crippen LogP contribution in [0.4, 0.5) is 5.69 Å². The summed E-state index contributed by atoms with van der Waals surface area (Å²) in [7, 11) is 1.62. The van der Waals surface area contributed by atoms with E-state index in [1.165, 1.54) is 0 Å². The van der Waals surface area contributed by atoms with E-state index in [9.17, 15) is 4.79 Å². The number of rotatable bonds is 7. The van der Waals surface area contributed by atoms with E-state index in [0.29, 0.717) is 36.3 Å². The Balaban J connectivity index is 1.67. The highest BCUT2D eigenvalue weighted by molar-refractivity contribution is 6.03. The number of anilines is 1. The van der Waals surface area contributed by atoms with E-state index in [0.717, 1.165) is 5.56 Å². The smallest absolute Gasteiger partial charge is 0.277 e. The molecule has 2 aromatic carbocycles. The highest BCUT2D eigenvalue weighted by atomic mass is 16.5. The van der Waals surface area contributed by atoms with Crippen LogP contribution in [-0.4, -0.2) is 31.2 Å². The van der Waals surface area contributed by atoms with Crippen molar-refractivity contribution in [3.8, 4) is 17.2 Å². The van der Waals surface area contributed by atoms with Gasteiger partial charge in [-0.25, -0.2) is 4.98 Å². The summed E-state index contributed by atoms with van der Waals surface area (Å²) in [6.07, 6.45) is 0. The van der Waals surface area contributed by atoms with Crippen LogP contribution in [0.2, 0.25) is 0 Å². The number of methoxy groups -OCH3 is 1. The summed E-state index contributed by atoms with van der Waals surface area (Å²) >= 11 is 0. The summed E-state index contributed by atoms with van der Waals surface area (Å²) in [6, 6.07) is 16.6. The van der Waals surface area contributed by atoms with Crippen molar-refractivity contribution in [3.05, 3.63) is 66.1 Å². The van der Waals surface area contributed by atoms with Gasteiger partial charge in [0.1, 0.15) is 18.1 Å². The lowest BCUT2D eigenvalue weighted by Gasteiger charge is -2.07. The molecule has 6 nitrogen and oxygen atoms in total. The van der Waals surface area contributed by atoms with Crippen LogP contribution >= 0.6 is 0 Å². The van der Waals surface area contributed by atoms with Crippen LogP contribution in [0.1, 0.15) is 16.2 Å². The zero-order chi connectivity index (χ0) is 18.4. The van der Waals surface area contributed by atoms with Gasteiger partial charge >= 0.3 is 0 Å². The largest absolute Gasteiger partial charge is 0.491 e. The van der Waals surface area contributed by atoms with Crippen molar-refractivity contribution in [1.29, 1.82) is 0 Å². The van der Waals surface area contributed by atoms with Crippen LogP contribution in [0.5, 0.6) is 5.75 Å². The monoisotopic (exact) mass is 352 g/mol. The van der Waals surface area contributed by atoms with Crippen LogP contribution in [0, 0.1) is 6.92 Å². The molecule has 26 heavy (non-hydrogen) atoms. The normalized spacial score (nSPS) is 10.5. The molecular formula is C20H20N2O4. The Morgan fingerprint density at radius 1 is 1.08 bits per heavy atom. The van der Waals surface area contributed by atoms with E-state index < -0.39 is 0 Å². The number of benzene rings is 2. The van der Waals surface area contributed by atoms with Crippen molar-refractivity contribution in [2.24, 2.45) is 0 Å². The molecule has 0 saturated heterocycles. The van der Waals surface area contributed by atoms with Crippen molar-refractivity contribution in [1.82, 2.24) is 4.98 Å². The SMILES string of the molecule is COCCOc1ccc(NC(=O)c2nc(-c3ccccc3)oc2C)cc1. The molecule has 0 radical (unpaired) electrons. The Labute approximate surface area is 151 Å². The molecule has 1 amide bonds. The number of aromatic nitrogens is 1. The van der Waals surface area contributed by atoms with E-state index in [-0.39, 0.29) is 11.6 Å². The molecule has 0 aliphatic rings. The standard InChI is InChI=1S/C20H20N2O4/c1-14-18(22-20(26-14)15-6-4-3-5-7-15)19(23)21-16-8-10-17(11-9-16)25-13-12-24-2/h3-11H,12-13H2,1-2H3,(H,21,23). The predicted molar refractivity (Wildman–Crippen MR) is 98.4 cm³/mol. The molecule has 134 valence electrons. The third kappa shape index (κ3) is 4.29. The van der Waals surface area contributed by atoms with Gasteiger partial charge in [0.25, 0.3) is 5.91 Å². The van der Waals surface area contributed by atoms with Gasteiger partial charge in [0, 0.05) is 18.4 Å². The van der Waals surface area contributed by atoms with E-state index in [4.69, 9.17) is 13.9 Å². The van der Waals surface area contributed by atoms with Crippen molar-refractivity contribution in [3.63, 3.8) is 0 Å². The Morgan fingerprint density at radius 2 is 1.81 bits per heavy atom. The third-order valence-corrected chi connectivity index (χ3v) is 3.70. The van der Waals surface area contributed by atoms with Gasteiger partial charge in [-0.15, -0.1) is 0 Å². The molecule has 0 bridgehead atoms. The summed E-state index contributed by atoms with van der Waals surface area (Å²) in [5.41, 5.74) is 1.74. The van der Waals surface area contributed by atoms with Gasteiger partial charge in [0.05, 0.1) is 6.61 Å². The topological polar surface area (TPSA) is 73.6 Å². The number of hydrogen-bond acceptors (Lipinski definition) is 5. The average Bonchev–Trinajstić information content (AvgIpc) is 3.06. The van der Waals surface area contributed by atoms with E-state index in [1.54, 1.807) is 38.3 Å². The first-order chi connectivity index (χ1) is 12.7. The van der Waals surface area contributed by atoms with Crippen LogP contribution in [0.3, 0.4) is 0 Å². The Bertz CT molecular complexity index is 857. The lowest BCUT2D eigenvalue weighted by Crippen LogP contribution is -2.13. The first-order valence-electron chi connectivity index (χ1n) is 8.23. The van der Waals surface area contributed by atoms with Crippen LogP contribution < -0.4 is 10.1 Å². The fraction of sp³-hybridized carbons (Fsp3) is 0.200. The molecular weight excluding hydrogens is 332 g/mol. The van der Waals surface area contributed by atoms with Crippen molar-refractivity contribution in [2.45, 2.75) is 6.92 Å². The first kappa shape index (κ1) is 17.7. The molecule has 3 aromatic rings. The summed E-state index contributed by atoms with van der Waals surface area (Å²) in [5.74, 6) is 1.29. The highest BCUT2D eigenvalue weighted by Gasteiger charge is 2.18. The van der Waals surface area contributed by atoms with Crippen LogP contribution in [0.25, 0.3) is 11.5 Å². The van der Waals surface area contributed by atoms with E-state index in [2.05, 4.69) is 10.3 Å². The fourth-order valence-electron chi connectivity index (χ4n) is 2.38. The van der Waals surface area contributed by atoms with Crippen molar-refractivity contribution in [2.75, 3.05) is 25.6 Å². The molecule has 0 atom stereocenters. The molecule has 0 aliphatic heterocycles. The molecule has 3 rings (SSSR count). The number of aryl methyl sites for hydroxylation is 1. The summed E-state index contributed by atoms with van der Waals surface area (Å²) < 4.78 is 16.1. The maximum atomic E-state index is 12.5. The molecule has 6 heteroatoms. The van der Waals surface area contributed by atoms with E-state index in [1.807, 2.05) is 30.3 Å². The maximum Gasteiger partial charge on any atom is 0.277 e. The number of carbonyl (C=O) groups is 1. The van der Waals surface area contributed by atoms with Crippen molar-refractivity contribution >= 4 is 11.6 Å². The zero-order valence-electron chi connectivity index (χ0n) is 14.7. The minimum Gasteiger partial charge on any atom is -0.491 e. The minimum atomic E-state index is -0.318. The Kier molecular flexibility index (Phi) is 5.66. The molecule has 1 heterocycles. The number of carbonyl (C=O) groups excluding carboxylic acids is 1. The van der Waals surface area contributed by atoms with Crippen LogP contribution in [-0.2, 0) is 4.74 Å². The van der Waals surface area contributed by atoms with Crippen LogP contribution in [0.15, 0.2) is 59.0 Å². The van der Waals surface area contributed by atoms with Gasteiger partial charge in [-0.2, -0.15) is 0 Å². The predicted octanol–water partition coefficient (Wildman–Crippen LogP) is 3.93. The molecule has 1 aromatic heterocycles. The maximum absolute atomic E-state index is 12.5. The fourth-order valence-corrected chi connectivity index (χ4v) is 2.38. The third-order valence-electron chi connectivity index (χ3n) is 3.70. The van der Waals surface area contributed by atoms with Crippen molar-refractivity contribution < 1.29 is 18.7 Å². The molecule has 0 unspecified atom stereocenters. The van der Waals surface area contributed by atoms with Gasteiger partial charge in [-0.1, -0.05) is 18.2 Å². The van der Waals surface area contributed by atoms with Gasteiger partial charge in [-0.05, 0) is 43.3 Å². The number of nitrogens with zero attached hydrogens (tertiary/aromatic N) is 1. The molecule has 0 saturated carbocycles. The summed E-state index contributed by atoms with van der Waals surface area (Å²) in [6.45, 7) is 2.72. The Hall–Kier alpha value is -3.12.